The molecule has 664 valence electrons. The Kier molecular flexibility index (Phi) is 46.3. The van der Waals surface area contributed by atoms with Gasteiger partial charge >= 0.3 is 5.97 Å². The van der Waals surface area contributed by atoms with Crippen LogP contribution in [-0.4, -0.2) is 240 Å². The van der Waals surface area contributed by atoms with Crippen molar-refractivity contribution in [2.75, 3.05) is 83.3 Å². The van der Waals surface area contributed by atoms with Crippen molar-refractivity contribution < 1.29 is 77.3 Å². The van der Waals surface area contributed by atoms with Gasteiger partial charge in [-0.25, -0.2) is 0 Å². The van der Waals surface area contributed by atoms with Gasteiger partial charge in [-0.1, -0.05) is 171 Å². The Morgan fingerprint density at radius 3 is 1.72 bits per heavy atom. The van der Waals surface area contributed by atoms with Gasteiger partial charge in [0.05, 0.1) is 48.9 Å². The fourth-order valence-corrected chi connectivity index (χ4v) is 16.2. The third-order valence-electron chi connectivity index (χ3n) is 20.5. The Labute approximate surface area is 710 Å². The predicted molar refractivity (Wildman–Crippen MR) is 465 cm³/mol. The number of rotatable bonds is 56. The standard InChI is InChI=1S/C84H130N18O16S2/c1-53(2)42-65(99-77(111)55(5)102(7)74(108)48-94-79(113)66(44-58-31-33-60(34-32-58)59-26-18-15-19-27-59)96-71(105)47-93-73(107)51-120(56(6)103)69-45-91-62-29-22-21-28-61(62)69)81(115)98-64(36-38-86)80(114)100-67(43-57-24-16-14-17-25-57)82(116)101-76(54(3)4)84(118)90-41-40-88-68(49-119-50-72(106)92-46-70(104)95-52-87)83(117)97-63(35-37-85)78(112)89-39-23-13-11-9-8-10-12-20-30-75(109)110/h15,18-19,21-22,26-29,31-34,45,53-55,57,63-68,76,88,91,103H,8-14,16-17,20,23-25,30,35-44,46-52,85-87H2,1-7H3,(H,89,112)(H,90,118)(H,92,106)(H,93,107)(H,94,113)(H,95,104)(H,96,105)(H,97,117)(H,98,115)(H,99,111)(H,100,114)(H,101,116)(H,109,110)/t55?,63?,64-,65?,66-,67-,68?,76?,120?/m0/s1. The zero-order valence-corrected chi connectivity index (χ0v) is 72.1. The number of nitrogens with two attached hydrogens (primary N) is 3. The normalized spacial score (nSPS) is 14.5. The Bertz CT molecular complexity index is 4010. The van der Waals surface area contributed by atoms with Crippen molar-refractivity contribution in [3.63, 3.8) is 0 Å². The molecule has 1 aromatic heterocycles. The minimum Gasteiger partial charge on any atom is -0.481 e. The lowest BCUT2D eigenvalue weighted by molar-refractivity contribution is -0.140. The van der Waals surface area contributed by atoms with E-state index in [2.05, 4.69) is 74.1 Å². The molecule has 120 heavy (non-hydrogen) atoms. The number of thioether (sulfide) groups is 1. The number of nitrogens with zero attached hydrogens (tertiary/aromatic N) is 1. The van der Waals surface area contributed by atoms with Crippen LogP contribution in [0.5, 0.6) is 0 Å². The second kappa shape index (κ2) is 55.1. The van der Waals surface area contributed by atoms with Gasteiger partial charge in [-0.05, 0) is 106 Å². The number of aromatic nitrogens is 1. The molecule has 9 atom stereocenters. The molecular weight excluding hydrogens is 1580 g/mol. The van der Waals surface area contributed by atoms with Crippen LogP contribution in [0.2, 0.25) is 0 Å². The number of carbonyl (C=O) groups excluding carboxylic acids is 13. The molecule has 5 rings (SSSR count). The van der Waals surface area contributed by atoms with Gasteiger partial charge in [0.15, 0.2) is 0 Å². The largest absolute Gasteiger partial charge is 0.481 e. The zero-order chi connectivity index (χ0) is 88.1. The topological polar surface area (TPSA) is 533 Å². The van der Waals surface area contributed by atoms with Gasteiger partial charge in [-0.3, -0.25) is 67.1 Å². The molecule has 36 heteroatoms. The molecule has 4 aromatic rings. The average molecular weight is 1710 g/mol. The van der Waals surface area contributed by atoms with Crippen molar-refractivity contribution in [3.8, 4) is 11.1 Å². The van der Waals surface area contributed by atoms with Crippen LogP contribution in [0.4, 0.5) is 0 Å². The summed E-state index contributed by atoms with van der Waals surface area (Å²) in [5.74, 6) is -10.0. The highest BCUT2D eigenvalue weighted by atomic mass is 32.2. The third-order valence-corrected chi connectivity index (χ3v) is 23.7. The molecule has 3 aromatic carbocycles. The van der Waals surface area contributed by atoms with Crippen LogP contribution in [0.25, 0.3) is 22.0 Å². The summed E-state index contributed by atoms with van der Waals surface area (Å²) in [6.07, 6.45) is 13.4. The second-order valence-corrected chi connectivity index (χ2v) is 34.1. The number of aliphatic hydroxyl groups excluding tert-OH is 1. The number of carboxylic acids is 1. The van der Waals surface area contributed by atoms with Crippen molar-refractivity contribution in [2.45, 2.75) is 217 Å². The van der Waals surface area contributed by atoms with Crippen molar-refractivity contribution in [1.82, 2.24) is 79.0 Å². The maximum Gasteiger partial charge on any atom is 0.303 e. The molecule has 0 spiro atoms. The van der Waals surface area contributed by atoms with Crippen LogP contribution >= 0.6 is 22.2 Å². The summed E-state index contributed by atoms with van der Waals surface area (Å²) in [7, 11) is 0.296. The lowest BCUT2D eigenvalue weighted by atomic mass is 9.84. The molecule has 0 saturated heterocycles. The van der Waals surface area contributed by atoms with Gasteiger partial charge < -0.3 is 106 Å². The van der Waals surface area contributed by atoms with Gasteiger partial charge in [0.2, 0.25) is 76.8 Å². The summed E-state index contributed by atoms with van der Waals surface area (Å²) in [5.41, 5.74) is 20.7. The highest BCUT2D eigenvalue weighted by Gasteiger charge is 2.36. The van der Waals surface area contributed by atoms with Crippen molar-refractivity contribution >= 4 is 121 Å². The van der Waals surface area contributed by atoms with E-state index in [0.717, 1.165) is 114 Å². The number of hydrogen-bond acceptors (Lipinski definition) is 19. The minimum atomic E-state index is -1.32. The number of hydrogen-bond donors (Lipinski definition) is 19. The number of nitrogens with one attached hydrogen (secondary N) is 14. The average Bonchev–Trinajstić information content (AvgIpc) is 1.66. The summed E-state index contributed by atoms with van der Waals surface area (Å²) in [6.45, 7) is 8.69. The molecular formula is C84H130N18O16S2. The molecule has 0 bridgehead atoms. The number of H-pyrrole nitrogens is 1. The SMILES string of the molecule is C/C(O)=S(/CC(=O)NCC(=O)N[C@@H](Cc1ccc(-c2ccccc2)cc1)C(=O)NCC(=O)N(C)C(C)C(=O)NC(CC(C)C)C(=O)N[C@@H](CCN)C(=O)N[C@@H](CC1CCCCC1)C(=O)NC(C(=O)NCCNC(CSCC(=O)NCC(=O)NCN)C(=O)NC(CCN)C(=O)NCCCCCCCCCCC(=O)O)C(C)C)c1c[nH]c2ccccc12. The molecule has 1 heterocycles. The van der Waals surface area contributed by atoms with E-state index in [1.54, 1.807) is 32.2 Å². The lowest BCUT2D eigenvalue weighted by Gasteiger charge is -2.31. The maximum atomic E-state index is 14.7. The molecule has 1 aliphatic carbocycles. The highest BCUT2D eigenvalue weighted by Crippen LogP contribution is 2.35. The van der Waals surface area contributed by atoms with Crippen LogP contribution in [0.1, 0.15) is 163 Å². The van der Waals surface area contributed by atoms with Gasteiger partial charge in [0, 0.05) is 67.3 Å². The number of likely N-dealkylation sites (N-methyl/N-ethyl adjacent to an activating group) is 1. The lowest BCUT2D eigenvalue weighted by Crippen LogP contribution is -2.60. The Hall–Kier alpha value is -9.85. The fourth-order valence-electron chi connectivity index (χ4n) is 13.6. The van der Waals surface area contributed by atoms with E-state index in [-0.39, 0.29) is 112 Å². The summed E-state index contributed by atoms with van der Waals surface area (Å²) >= 11 is 1.08. The molecule has 1 aliphatic rings. The number of fused-ring (bicyclic) bond motifs is 1. The van der Waals surface area contributed by atoms with E-state index >= 15 is 0 Å². The first-order valence-corrected chi connectivity index (χ1v) is 44.3. The maximum absolute atomic E-state index is 14.7. The van der Waals surface area contributed by atoms with Crippen LogP contribution < -0.4 is 86.3 Å². The number of unbranched alkanes of at least 4 members (excludes halogenated alkanes) is 7. The van der Waals surface area contributed by atoms with E-state index in [1.807, 2.05) is 80.6 Å². The monoisotopic (exact) mass is 1710 g/mol. The van der Waals surface area contributed by atoms with Crippen LogP contribution in [-0.2, 0) is 73.5 Å². The van der Waals surface area contributed by atoms with E-state index in [1.165, 1.54) is 20.9 Å². The quantitative estimate of drug-likeness (QED) is 0.0171. The number of para-hydroxylation sites is 1. The number of aliphatic carboxylic acids is 1. The van der Waals surface area contributed by atoms with Gasteiger partial charge in [-0.2, -0.15) is 0 Å². The van der Waals surface area contributed by atoms with E-state index in [0.29, 0.717) is 24.9 Å². The van der Waals surface area contributed by atoms with Crippen LogP contribution in [0, 0.1) is 17.8 Å². The van der Waals surface area contributed by atoms with Gasteiger partial charge in [0.1, 0.15) is 42.3 Å². The number of aliphatic hydroxyl groups is 1. The number of carbonyl (C=O) groups is 14. The van der Waals surface area contributed by atoms with Crippen LogP contribution in [0.15, 0.2) is 90.0 Å². The first kappa shape index (κ1) is 101. The summed E-state index contributed by atoms with van der Waals surface area (Å²) in [4.78, 5) is 195. The molecule has 1 saturated carbocycles. The Morgan fingerprint density at radius 1 is 0.525 bits per heavy atom. The molecule has 1 fully saturated rings. The number of carboxylic acid groups (broad SMARTS) is 1. The number of benzene rings is 3. The fraction of sp³-hybridized carbons (Fsp3) is 0.583. The number of amides is 13. The van der Waals surface area contributed by atoms with E-state index < -0.39 is 161 Å². The second-order valence-electron chi connectivity index (χ2n) is 31.0. The zero-order valence-electron chi connectivity index (χ0n) is 70.5. The van der Waals surface area contributed by atoms with E-state index in [4.69, 9.17) is 22.3 Å². The van der Waals surface area contributed by atoms with E-state index in [9.17, 15) is 72.2 Å². The third kappa shape index (κ3) is 37.0. The molecule has 13 amide bonds. The summed E-state index contributed by atoms with van der Waals surface area (Å²) < 4.78 is 0. The number of aromatic amines is 1. The Balaban J connectivity index is 1.21. The van der Waals surface area contributed by atoms with Gasteiger partial charge in [0.25, 0.3) is 0 Å². The molecule has 0 aliphatic heterocycles. The minimum absolute atomic E-state index is 0.00705. The predicted octanol–water partition coefficient (Wildman–Crippen LogP) is 2.44. The first-order chi connectivity index (χ1) is 57.4. The summed E-state index contributed by atoms with van der Waals surface area (Å²) in [6, 6.07) is 15.0. The smallest absolute Gasteiger partial charge is 0.303 e. The van der Waals surface area contributed by atoms with Crippen LogP contribution in [0.3, 0.4) is 0 Å². The summed E-state index contributed by atoms with van der Waals surface area (Å²) in [5, 5.41) is 56.0. The van der Waals surface area contributed by atoms with Crippen molar-refractivity contribution in [3.05, 3.63) is 90.6 Å². The molecule has 0 radical (unpaired) electrons. The van der Waals surface area contributed by atoms with Crippen molar-refractivity contribution in [2.24, 2.45) is 35.0 Å². The van der Waals surface area contributed by atoms with Gasteiger partial charge in [-0.15, -0.1) is 22.2 Å². The first-order valence-electron chi connectivity index (χ1n) is 41.7. The molecule has 6 unspecified atom stereocenters. The van der Waals surface area contributed by atoms with Crippen molar-refractivity contribution in [1.29, 1.82) is 0 Å². The molecule has 34 nitrogen and oxygen atoms in total. The highest BCUT2D eigenvalue weighted by molar-refractivity contribution is 8.16. The Morgan fingerprint density at radius 2 is 1.08 bits per heavy atom. The molecule has 22 N–H and O–H groups in total.